The van der Waals surface area contributed by atoms with Crippen molar-refractivity contribution < 1.29 is 0 Å². The van der Waals surface area contributed by atoms with Gasteiger partial charge in [-0.25, -0.2) is 4.99 Å². The number of hydrogen-bond acceptors (Lipinski definition) is 2. The predicted octanol–water partition coefficient (Wildman–Crippen LogP) is 0.819. The molecular weight excluding hydrogens is 140 g/mol. The maximum atomic E-state index is 5.51. The van der Waals surface area contributed by atoms with Gasteiger partial charge in [0.15, 0.2) is 5.82 Å². The molecule has 0 aliphatic carbocycles. The Hall–Kier alpha value is -1.32. The quantitative estimate of drug-likeness (QED) is 0.504. The minimum absolute atomic E-state index is 0.615. The summed E-state index contributed by atoms with van der Waals surface area (Å²) in [7, 11) is 1.85. The summed E-state index contributed by atoms with van der Waals surface area (Å²) < 4.78 is 1.70. The number of nitrogens with zero attached hydrogens (tertiary/aromatic N) is 3. The molecule has 0 bridgehead atoms. The Morgan fingerprint density at radius 2 is 2.55 bits per heavy atom. The highest BCUT2D eigenvalue weighted by atomic mass is 15.3. The zero-order valence-electron chi connectivity index (χ0n) is 6.78. The van der Waals surface area contributed by atoms with Crippen LogP contribution in [0.3, 0.4) is 0 Å². The Balaban J connectivity index is 2.78. The van der Waals surface area contributed by atoms with Gasteiger partial charge in [-0.05, 0) is 0 Å². The normalized spacial score (nSPS) is 12.0. The predicted molar refractivity (Wildman–Crippen MR) is 44.8 cm³/mol. The molecule has 0 saturated heterocycles. The SMILES string of the molecule is CCC(N)=Nc1ccn(C)n1. The van der Waals surface area contributed by atoms with Crippen molar-refractivity contribution in [2.75, 3.05) is 0 Å². The van der Waals surface area contributed by atoms with E-state index in [1.165, 1.54) is 0 Å². The molecule has 1 rings (SSSR count). The van der Waals surface area contributed by atoms with Gasteiger partial charge in [-0.1, -0.05) is 6.92 Å². The summed E-state index contributed by atoms with van der Waals surface area (Å²) in [6, 6.07) is 1.82. The molecule has 11 heavy (non-hydrogen) atoms. The standard InChI is InChI=1S/C7H12N4/c1-3-6(8)9-7-4-5-11(2)10-7/h4-5H,3H2,1-2H3,(H2,8,9,10). The number of nitrogens with two attached hydrogens (primary N) is 1. The average Bonchev–Trinajstić information content (AvgIpc) is 2.35. The molecule has 60 valence electrons. The first-order valence-corrected chi connectivity index (χ1v) is 3.55. The summed E-state index contributed by atoms with van der Waals surface area (Å²) in [5.41, 5.74) is 5.51. The van der Waals surface area contributed by atoms with E-state index in [1.807, 2.05) is 26.2 Å². The average molecular weight is 152 g/mol. The molecule has 0 fully saturated rings. The fourth-order valence-electron chi connectivity index (χ4n) is 0.689. The molecule has 0 aliphatic rings. The second-order valence-corrected chi connectivity index (χ2v) is 2.30. The van der Waals surface area contributed by atoms with Crippen molar-refractivity contribution in [3.05, 3.63) is 12.3 Å². The minimum Gasteiger partial charge on any atom is -0.387 e. The molecule has 4 nitrogen and oxygen atoms in total. The van der Waals surface area contributed by atoms with E-state index in [9.17, 15) is 0 Å². The van der Waals surface area contributed by atoms with E-state index in [2.05, 4.69) is 10.1 Å². The van der Waals surface area contributed by atoms with Crippen LogP contribution in [0, 0.1) is 0 Å². The molecule has 1 aromatic heterocycles. The second kappa shape index (κ2) is 3.18. The topological polar surface area (TPSA) is 56.2 Å². The Labute approximate surface area is 65.7 Å². The lowest BCUT2D eigenvalue weighted by molar-refractivity contribution is 0.768. The highest BCUT2D eigenvalue weighted by molar-refractivity contribution is 5.82. The van der Waals surface area contributed by atoms with Crippen LogP contribution in [-0.4, -0.2) is 15.6 Å². The van der Waals surface area contributed by atoms with Crippen molar-refractivity contribution in [2.45, 2.75) is 13.3 Å². The van der Waals surface area contributed by atoms with Crippen LogP contribution in [0.1, 0.15) is 13.3 Å². The maximum Gasteiger partial charge on any atom is 0.175 e. The van der Waals surface area contributed by atoms with Gasteiger partial charge in [-0.15, -0.1) is 0 Å². The molecular formula is C7H12N4. The third-order valence-corrected chi connectivity index (χ3v) is 1.32. The highest BCUT2D eigenvalue weighted by Crippen LogP contribution is 2.05. The number of aromatic nitrogens is 2. The van der Waals surface area contributed by atoms with E-state index >= 15 is 0 Å². The van der Waals surface area contributed by atoms with Crippen molar-refractivity contribution in [1.82, 2.24) is 9.78 Å². The van der Waals surface area contributed by atoms with Crippen molar-refractivity contribution in [1.29, 1.82) is 0 Å². The molecule has 0 radical (unpaired) electrons. The molecule has 0 spiro atoms. The van der Waals surface area contributed by atoms with Gasteiger partial charge < -0.3 is 5.73 Å². The molecule has 0 unspecified atom stereocenters. The highest BCUT2D eigenvalue weighted by Gasteiger charge is 1.93. The summed E-state index contributed by atoms with van der Waals surface area (Å²) >= 11 is 0. The Kier molecular flexibility index (Phi) is 2.25. The zero-order chi connectivity index (χ0) is 8.27. The molecule has 0 amide bonds. The van der Waals surface area contributed by atoms with Crippen LogP contribution in [0.5, 0.6) is 0 Å². The third-order valence-electron chi connectivity index (χ3n) is 1.32. The van der Waals surface area contributed by atoms with Gasteiger partial charge in [0.1, 0.15) is 5.84 Å². The van der Waals surface area contributed by atoms with E-state index in [4.69, 9.17) is 5.73 Å². The van der Waals surface area contributed by atoms with Crippen molar-refractivity contribution >= 4 is 11.7 Å². The Morgan fingerprint density at radius 3 is 3.00 bits per heavy atom. The lowest BCUT2D eigenvalue weighted by Gasteiger charge is -1.90. The molecule has 1 heterocycles. The summed E-state index contributed by atoms with van der Waals surface area (Å²) in [5, 5.41) is 4.05. The van der Waals surface area contributed by atoms with Gasteiger partial charge in [0.05, 0.1) is 0 Å². The van der Waals surface area contributed by atoms with E-state index < -0.39 is 0 Å². The minimum atomic E-state index is 0.615. The smallest absolute Gasteiger partial charge is 0.175 e. The van der Waals surface area contributed by atoms with E-state index in [0.717, 1.165) is 6.42 Å². The van der Waals surface area contributed by atoms with Gasteiger partial charge in [0.2, 0.25) is 0 Å². The first-order chi connectivity index (χ1) is 5.22. The van der Waals surface area contributed by atoms with E-state index in [0.29, 0.717) is 11.7 Å². The van der Waals surface area contributed by atoms with Crippen molar-refractivity contribution in [3.8, 4) is 0 Å². The molecule has 1 aromatic rings. The maximum absolute atomic E-state index is 5.51. The monoisotopic (exact) mass is 152 g/mol. The molecule has 0 saturated carbocycles. The Bertz CT molecular complexity index is 261. The fourth-order valence-corrected chi connectivity index (χ4v) is 0.689. The van der Waals surface area contributed by atoms with Gasteiger partial charge in [-0.2, -0.15) is 5.10 Å². The van der Waals surface area contributed by atoms with Crippen molar-refractivity contribution in [3.63, 3.8) is 0 Å². The third kappa shape index (κ3) is 2.07. The number of aliphatic imine (C=N–C) groups is 1. The van der Waals surface area contributed by atoms with Crippen LogP contribution in [0.15, 0.2) is 17.3 Å². The summed E-state index contributed by atoms with van der Waals surface area (Å²) in [4.78, 5) is 4.06. The van der Waals surface area contributed by atoms with Crippen molar-refractivity contribution in [2.24, 2.45) is 17.8 Å². The van der Waals surface area contributed by atoms with Gasteiger partial charge in [0, 0.05) is 25.7 Å². The van der Waals surface area contributed by atoms with E-state index in [1.54, 1.807) is 4.68 Å². The molecule has 0 atom stereocenters. The summed E-state index contributed by atoms with van der Waals surface area (Å²) in [6.07, 6.45) is 2.60. The van der Waals surface area contributed by atoms with Crippen LogP contribution >= 0.6 is 0 Å². The first-order valence-electron chi connectivity index (χ1n) is 3.55. The van der Waals surface area contributed by atoms with E-state index in [-0.39, 0.29) is 0 Å². The second-order valence-electron chi connectivity index (χ2n) is 2.30. The number of aryl methyl sites for hydroxylation is 1. The van der Waals surface area contributed by atoms with Gasteiger partial charge in [-0.3, -0.25) is 4.68 Å². The largest absolute Gasteiger partial charge is 0.387 e. The van der Waals surface area contributed by atoms with Gasteiger partial charge in [0.25, 0.3) is 0 Å². The summed E-state index contributed by atoms with van der Waals surface area (Å²) in [6.45, 7) is 1.96. The lowest BCUT2D eigenvalue weighted by atomic mass is 10.4. The zero-order valence-corrected chi connectivity index (χ0v) is 6.78. The number of amidine groups is 1. The van der Waals surface area contributed by atoms with Crippen LogP contribution in [0.2, 0.25) is 0 Å². The summed E-state index contributed by atoms with van der Waals surface area (Å²) in [5.74, 6) is 1.29. The lowest BCUT2D eigenvalue weighted by Crippen LogP contribution is -2.08. The van der Waals surface area contributed by atoms with Gasteiger partial charge >= 0.3 is 0 Å². The fraction of sp³-hybridized carbons (Fsp3) is 0.429. The number of rotatable bonds is 2. The Morgan fingerprint density at radius 1 is 1.82 bits per heavy atom. The first kappa shape index (κ1) is 7.78. The molecule has 2 N–H and O–H groups in total. The molecule has 4 heteroatoms. The van der Waals surface area contributed by atoms with Crippen LogP contribution in [0.4, 0.5) is 5.82 Å². The number of hydrogen-bond donors (Lipinski definition) is 1. The van der Waals surface area contributed by atoms with Crippen LogP contribution in [0.25, 0.3) is 0 Å². The van der Waals surface area contributed by atoms with Crippen LogP contribution < -0.4 is 5.73 Å². The molecule has 0 aliphatic heterocycles. The molecule has 0 aromatic carbocycles. The van der Waals surface area contributed by atoms with Crippen LogP contribution in [-0.2, 0) is 7.05 Å².